The molecule has 15 heavy (non-hydrogen) atoms. The molecule has 0 atom stereocenters. The summed E-state index contributed by atoms with van der Waals surface area (Å²) in [5, 5.41) is 0. The maximum atomic E-state index is 9.96. The van der Waals surface area contributed by atoms with E-state index in [1.807, 2.05) is 24.3 Å². The Morgan fingerprint density at radius 3 is 3.07 bits per heavy atom. The number of aliphatic imine (C=N–C) groups is 1. The zero-order valence-corrected chi connectivity index (χ0v) is 8.48. The highest BCUT2D eigenvalue weighted by Crippen LogP contribution is 2.29. The zero-order valence-electron chi connectivity index (χ0n) is 8.48. The summed E-state index contributed by atoms with van der Waals surface area (Å²) in [6.45, 7) is 1.19. The van der Waals surface area contributed by atoms with Crippen LogP contribution in [-0.4, -0.2) is 12.7 Å². The highest BCUT2D eigenvalue weighted by atomic mass is 16.5. The molecule has 78 valence electrons. The normalized spacial score (nSPS) is 14.4. The average molecular weight is 203 g/mol. The van der Waals surface area contributed by atoms with Crippen molar-refractivity contribution in [2.24, 2.45) is 10.9 Å². The van der Waals surface area contributed by atoms with Crippen molar-refractivity contribution in [3.05, 3.63) is 29.8 Å². The summed E-state index contributed by atoms with van der Waals surface area (Å²) in [7, 11) is 0. The molecule has 0 amide bonds. The molecule has 3 heteroatoms. The van der Waals surface area contributed by atoms with Gasteiger partial charge >= 0.3 is 0 Å². The molecule has 0 N–H and O–H groups in total. The van der Waals surface area contributed by atoms with Gasteiger partial charge in [0.2, 0.25) is 6.08 Å². The fourth-order valence-electron chi connectivity index (χ4n) is 1.36. The van der Waals surface area contributed by atoms with Crippen LogP contribution in [0.5, 0.6) is 5.75 Å². The van der Waals surface area contributed by atoms with Crippen molar-refractivity contribution >= 4 is 6.08 Å². The van der Waals surface area contributed by atoms with Gasteiger partial charge < -0.3 is 4.74 Å². The summed E-state index contributed by atoms with van der Waals surface area (Å²) in [6.07, 6.45) is 4.10. The summed E-state index contributed by atoms with van der Waals surface area (Å²) in [5.74, 6) is 1.61. The van der Waals surface area contributed by atoms with E-state index in [0.717, 1.165) is 23.8 Å². The predicted octanol–water partition coefficient (Wildman–Crippen LogP) is 2.31. The topological polar surface area (TPSA) is 38.7 Å². The largest absolute Gasteiger partial charge is 0.493 e. The second-order valence-corrected chi connectivity index (χ2v) is 3.81. The first kappa shape index (κ1) is 9.94. The molecule has 0 aliphatic heterocycles. The van der Waals surface area contributed by atoms with Gasteiger partial charge in [0.1, 0.15) is 5.75 Å². The number of isocyanates is 1. The standard InChI is InChI=1S/C12H13NO2/c14-9-13-7-11-2-1-3-12(6-11)15-8-10-4-5-10/h1-3,6,10H,4-5,7-8H2. The van der Waals surface area contributed by atoms with Gasteiger partial charge in [-0.25, -0.2) is 9.79 Å². The Morgan fingerprint density at radius 1 is 1.47 bits per heavy atom. The van der Waals surface area contributed by atoms with Gasteiger partial charge in [-0.15, -0.1) is 0 Å². The lowest BCUT2D eigenvalue weighted by molar-refractivity contribution is 0.299. The van der Waals surface area contributed by atoms with E-state index in [1.54, 1.807) is 0 Å². The van der Waals surface area contributed by atoms with Crippen molar-refractivity contribution in [1.82, 2.24) is 0 Å². The molecule has 0 saturated heterocycles. The summed E-state index contributed by atoms with van der Waals surface area (Å²) >= 11 is 0. The van der Waals surface area contributed by atoms with E-state index in [4.69, 9.17) is 4.74 Å². The van der Waals surface area contributed by atoms with E-state index < -0.39 is 0 Å². The number of hydrogen-bond donors (Lipinski definition) is 0. The van der Waals surface area contributed by atoms with E-state index in [0.29, 0.717) is 6.54 Å². The Labute approximate surface area is 88.8 Å². The van der Waals surface area contributed by atoms with Crippen LogP contribution >= 0.6 is 0 Å². The lowest BCUT2D eigenvalue weighted by Crippen LogP contribution is -1.99. The van der Waals surface area contributed by atoms with E-state index in [-0.39, 0.29) is 0 Å². The van der Waals surface area contributed by atoms with E-state index >= 15 is 0 Å². The molecule has 0 unspecified atom stereocenters. The average Bonchev–Trinajstić information content (AvgIpc) is 3.08. The molecule has 0 bridgehead atoms. The maximum Gasteiger partial charge on any atom is 0.235 e. The predicted molar refractivity (Wildman–Crippen MR) is 56.5 cm³/mol. The number of rotatable bonds is 5. The van der Waals surface area contributed by atoms with Gasteiger partial charge in [0.15, 0.2) is 0 Å². The minimum atomic E-state index is 0.379. The minimum absolute atomic E-state index is 0.379. The molecule has 1 fully saturated rings. The SMILES string of the molecule is O=C=NCc1cccc(OCC2CC2)c1. The van der Waals surface area contributed by atoms with E-state index in [9.17, 15) is 4.79 Å². The Morgan fingerprint density at radius 2 is 2.33 bits per heavy atom. The first-order chi connectivity index (χ1) is 7.38. The molecule has 1 aliphatic rings. The third-order valence-corrected chi connectivity index (χ3v) is 2.41. The van der Waals surface area contributed by atoms with Crippen LogP contribution in [0.4, 0.5) is 0 Å². The number of ether oxygens (including phenoxy) is 1. The number of nitrogens with zero attached hydrogens (tertiary/aromatic N) is 1. The van der Waals surface area contributed by atoms with Crippen LogP contribution in [0.3, 0.4) is 0 Å². The second kappa shape index (κ2) is 4.76. The fraction of sp³-hybridized carbons (Fsp3) is 0.417. The first-order valence-corrected chi connectivity index (χ1v) is 5.14. The summed E-state index contributed by atoms with van der Waals surface area (Å²) < 4.78 is 5.61. The van der Waals surface area contributed by atoms with Crippen LogP contribution in [0.2, 0.25) is 0 Å². The molecule has 3 nitrogen and oxygen atoms in total. The van der Waals surface area contributed by atoms with Crippen molar-refractivity contribution in [1.29, 1.82) is 0 Å². The van der Waals surface area contributed by atoms with Gasteiger partial charge in [0, 0.05) is 0 Å². The van der Waals surface area contributed by atoms with E-state index in [1.165, 1.54) is 18.9 Å². The van der Waals surface area contributed by atoms with Gasteiger partial charge in [-0.2, -0.15) is 0 Å². The highest BCUT2D eigenvalue weighted by molar-refractivity contribution is 5.35. The molecule has 0 spiro atoms. The third-order valence-electron chi connectivity index (χ3n) is 2.41. The number of hydrogen-bond acceptors (Lipinski definition) is 3. The third kappa shape index (κ3) is 3.22. The van der Waals surface area contributed by atoms with Crippen LogP contribution in [0, 0.1) is 5.92 Å². The molecular formula is C12H13NO2. The lowest BCUT2D eigenvalue weighted by atomic mass is 10.2. The van der Waals surface area contributed by atoms with Gasteiger partial charge in [-0.1, -0.05) is 12.1 Å². The summed E-state index contributed by atoms with van der Waals surface area (Å²) in [6, 6.07) is 7.68. The van der Waals surface area contributed by atoms with Crippen molar-refractivity contribution < 1.29 is 9.53 Å². The van der Waals surface area contributed by atoms with Crippen LogP contribution in [0.1, 0.15) is 18.4 Å². The quantitative estimate of drug-likeness (QED) is 0.544. The van der Waals surface area contributed by atoms with Gasteiger partial charge in [-0.3, -0.25) is 0 Å². The Hall–Kier alpha value is -1.60. The van der Waals surface area contributed by atoms with Crippen LogP contribution in [0.15, 0.2) is 29.3 Å². The second-order valence-electron chi connectivity index (χ2n) is 3.81. The molecular weight excluding hydrogens is 190 g/mol. The Kier molecular flexibility index (Phi) is 3.15. The van der Waals surface area contributed by atoms with Gasteiger partial charge in [-0.05, 0) is 36.5 Å². The van der Waals surface area contributed by atoms with Crippen molar-refractivity contribution in [2.45, 2.75) is 19.4 Å². The number of carbonyl (C=O) groups excluding carboxylic acids is 1. The molecule has 1 saturated carbocycles. The van der Waals surface area contributed by atoms with Crippen LogP contribution in [0.25, 0.3) is 0 Å². The highest BCUT2D eigenvalue weighted by Gasteiger charge is 2.21. The lowest BCUT2D eigenvalue weighted by Gasteiger charge is -2.05. The summed E-state index contributed by atoms with van der Waals surface area (Å²) in [4.78, 5) is 13.5. The smallest absolute Gasteiger partial charge is 0.235 e. The first-order valence-electron chi connectivity index (χ1n) is 5.14. The molecule has 1 aromatic carbocycles. The molecule has 1 aromatic rings. The monoisotopic (exact) mass is 203 g/mol. The molecule has 1 aliphatic carbocycles. The minimum Gasteiger partial charge on any atom is -0.493 e. The fourth-order valence-corrected chi connectivity index (χ4v) is 1.36. The van der Waals surface area contributed by atoms with Crippen molar-refractivity contribution in [3.8, 4) is 5.75 Å². The molecule has 0 aromatic heterocycles. The number of benzene rings is 1. The van der Waals surface area contributed by atoms with Crippen LogP contribution < -0.4 is 4.74 Å². The zero-order chi connectivity index (χ0) is 10.5. The maximum absolute atomic E-state index is 9.96. The van der Waals surface area contributed by atoms with Crippen molar-refractivity contribution in [3.63, 3.8) is 0 Å². The van der Waals surface area contributed by atoms with Gasteiger partial charge in [0.05, 0.1) is 13.2 Å². The molecule has 0 radical (unpaired) electrons. The summed E-state index contributed by atoms with van der Waals surface area (Å²) in [5.41, 5.74) is 0.978. The Balaban J connectivity index is 1.94. The van der Waals surface area contributed by atoms with E-state index in [2.05, 4.69) is 4.99 Å². The van der Waals surface area contributed by atoms with Crippen LogP contribution in [-0.2, 0) is 11.3 Å². The Bertz CT molecular complexity index is 379. The van der Waals surface area contributed by atoms with Gasteiger partial charge in [0.25, 0.3) is 0 Å². The molecule has 0 heterocycles. The van der Waals surface area contributed by atoms with Crippen molar-refractivity contribution in [2.75, 3.05) is 6.61 Å². The molecule has 2 rings (SSSR count).